The van der Waals surface area contributed by atoms with Gasteiger partial charge in [0.2, 0.25) is 5.91 Å². The molecule has 0 spiro atoms. The molecular weight excluding hydrogens is 485 g/mol. The van der Waals surface area contributed by atoms with E-state index >= 15 is 0 Å². The Morgan fingerprint density at radius 3 is 2.41 bits per heavy atom. The molecule has 0 bridgehead atoms. The van der Waals surface area contributed by atoms with Crippen molar-refractivity contribution in [2.45, 2.75) is 32.7 Å². The van der Waals surface area contributed by atoms with E-state index in [2.05, 4.69) is 10.1 Å². The first-order chi connectivity index (χ1) is 17.7. The lowest BCUT2D eigenvalue weighted by Gasteiger charge is -2.18. The second-order valence-electron chi connectivity index (χ2n) is 8.35. The van der Waals surface area contributed by atoms with Crippen molar-refractivity contribution in [1.82, 2.24) is 4.57 Å². The van der Waals surface area contributed by atoms with E-state index in [1.54, 1.807) is 37.4 Å². The predicted molar refractivity (Wildman–Crippen MR) is 135 cm³/mol. The second-order valence-corrected chi connectivity index (χ2v) is 8.35. The molecule has 0 saturated carbocycles. The molecule has 1 N–H and O–H groups in total. The molecule has 1 heterocycles. The van der Waals surface area contributed by atoms with Crippen molar-refractivity contribution in [2.24, 2.45) is 0 Å². The summed E-state index contributed by atoms with van der Waals surface area (Å²) in [4.78, 5) is 26.1. The van der Waals surface area contributed by atoms with Crippen LogP contribution in [0.4, 0.5) is 18.9 Å². The molecule has 4 rings (SSSR count). The highest BCUT2D eigenvalue weighted by molar-refractivity contribution is 6.02. The minimum absolute atomic E-state index is 0.106. The van der Waals surface area contributed by atoms with Crippen LogP contribution in [0, 0.1) is 0 Å². The standard InChI is InChI=1S/C28H25F3N2O4/c1-3-36-25-10-5-4-7-20(25)17-26(34)32-24-9-6-8-23-22(24)15-16-33(27(23)35)18(2)19-11-13-21(14-12-19)37-28(29,30)31/h4-16,18H,3,17H2,1-2H3,(H,32,34). The number of amides is 1. The van der Waals surface area contributed by atoms with Crippen LogP contribution in [0.15, 0.2) is 83.8 Å². The van der Waals surface area contributed by atoms with Crippen molar-refractivity contribution in [1.29, 1.82) is 0 Å². The van der Waals surface area contributed by atoms with E-state index in [1.165, 1.54) is 28.8 Å². The largest absolute Gasteiger partial charge is 0.573 e. The van der Waals surface area contributed by atoms with Gasteiger partial charge >= 0.3 is 6.36 Å². The van der Waals surface area contributed by atoms with E-state index < -0.39 is 12.4 Å². The van der Waals surface area contributed by atoms with Gasteiger partial charge in [0.15, 0.2) is 0 Å². The number of hydrogen-bond donors (Lipinski definition) is 1. The summed E-state index contributed by atoms with van der Waals surface area (Å²) in [5, 5.41) is 3.87. The number of alkyl halides is 3. The van der Waals surface area contributed by atoms with Crippen LogP contribution in [0.5, 0.6) is 11.5 Å². The van der Waals surface area contributed by atoms with Crippen LogP contribution in [-0.2, 0) is 11.2 Å². The number of hydrogen-bond acceptors (Lipinski definition) is 4. The third-order valence-electron chi connectivity index (χ3n) is 5.88. The maximum Gasteiger partial charge on any atom is 0.573 e. The lowest BCUT2D eigenvalue weighted by Crippen LogP contribution is -2.24. The monoisotopic (exact) mass is 510 g/mol. The van der Waals surface area contributed by atoms with Crippen molar-refractivity contribution >= 4 is 22.4 Å². The van der Waals surface area contributed by atoms with Crippen LogP contribution < -0.4 is 20.3 Å². The quantitative estimate of drug-likeness (QED) is 0.312. The van der Waals surface area contributed by atoms with Crippen molar-refractivity contribution in [2.75, 3.05) is 11.9 Å². The number of benzene rings is 3. The van der Waals surface area contributed by atoms with Gasteiger partial charge in [0.25, 0.3) is 5.56 Å². The van der Waals surface area contributed by atoms with Crippen molar-refractivity contribution in [3.63, 3.8) is 0 Å². The number of rotatable bonds is 8. The summed E-state index contributed by atoms with van der Waals surface area (Å²) >= 11 is 0. The molecular formula is C28H25F3N2O4. The number of nitrogens with zero attached hydrogens (tertiary/aromatic N) is 1. The number of halogens is 3. The highest BCUT2D eigenvalue weighted by atomic mass is 19.4. The van der Waals surface area contributed by atoms with Gasteiger partial charge in [0.05, 0.1) is 19.1 Å². The van der Waals surface area contributed by atoms with E-state index in [-0.39, 0.29) is 23.6 Å². The summed E-state index contributed by atoms with van der Waals surface area (Å²) < 4.78 is 48.3. The Bertz CT molecular complexity index is 1460. The molecule has 1 amide bonds. The molecule has 0 saturated heterocycles. The summed E-state index contributed by atoms with van der Waals surface area (Å²) in [7, 11) is 0. The van der Waals surface area contributed by atoms with Gasteiger partial charge < -0.3 is 19.4 Å². The zero-order valence-corrected chi connectivity index (χ0v) is 20.2. The van der Waals surface area contributed by atoms with Crippen molar-refractivity contribution in [3.05, 3.63) is 100 Å². The topological polar surface area (TPSA) is 69.6 Å². The van der Waals surface area contributed by atoms with Crippen LogP contribution in [-0.4, -0.2) is 23.4 Å². The van der Waals surface area contributed by atoms with E-state index in [0.29, 0.717) is 34.4 Å². The minimum Gasteiger partial charge on any atom is -0.494 e. The number of para-hydroxylation sites is 1. The van der Waals surface area contributed by atoms with E-state index in [9.17, 15) is 22.8 Å². The number of nitrogens with one attached hydrogen (secondary N) is 1. The average molecular weight is 511 g/mol. The molecule has 1 atom stereocenters. The lowest BCUT2D eigenvalue weighted by atomic mass is 10.1. The molecule has 9 heteroatoms. The van der Waals surface area contributed by atoms with E-state index in [0.717, 1.165) is 5.56 Å². The molecule has 6 nitrogen and oxygen atoms in total. The smallest absolute Gasteiger partial charge is 0.494 e. The zero-order valence-electron chi connectivity index (χ0n) is 20.2. The first-order valence-electron chi connectivity index (χ1n) is 11.7. The number of pyridine rings is 1. The number of carbonyl (C=O) groups is 1. The number of carbonyl (C=O) groups excluding carboxylic acids is 1. The lowest BCUT2D eigenvalue weighted by molar-refractivity contribution is -0.274. The average Bonchev–Trinajstić information content (AvgIpc) is 2.85. The summed E-state index contributed by atoms with van der Waals surface area (Å²) in [5.74, 6) is 0.0601. The van der Waals surface area contributed by atoms with Crippen LogP contribution in [0.2, 0.25) is 0 Å². The summed E-state index contributed by atoms with van der Waals surface area (Å²) in [6.45, 7) is 4.13. The Morgan fingerprint density at radius 1 is 0.973 bits per heavy atom. The normalized spacial score (nSPS) is 12.2. The number of ether oxygens (including phenoxy) is 2. The zero-order chi connectivity index (χ0) is 26.6. The fraction of sp³-hybridized carbons (Fsp3) is 0.214. The number of fused-ring (bicyclic) bond motifs is 1. The molecule has 1 aromatic heterocycles. The van der Waals surface area contributed by atoms with Gasteiger partial charge in [-0.25, -0.2) is 0 Å². The molecule has 0 aliphatic heterocycles. The molecule has 1 unspecified atom stereocenters. The Morgan fingerprint density at radius 2 is 1.70 bits per heavy atom. The van der Waals surface area contributed by atoms with Gasteiger partial charge in [-0.1, -0.05) is 36.4 Å². The summed E-state index contributed by atoms with van der Waals surface area (Å²) in [5.41, 5.74) is 1.60. The fourth-order valence-corrected chi connectivity index (χ4v) is 4.13. The van der Waals surface area contributed by atoms with E-state index in [1.807, 2.05) is 31.2 Å². The van der Waals surface area contributed by atoms with Gasteiger partial charge in [-0.15, -0.1) is 13.2 Å². The molecule has 0 radical (unpaired) electrons. The first kappa shape index (κ1) is 25.8. The highest BCUT2D eigenvalue weighted by Gasteiger charge is 2.31. The number of aromatic nitrogens is 1. The van der Waals surface area contributed by atoms with E-state index in [4.69, 9.17) is 4.74 Å². The van der Waals surface area contributed by atoms with Crippen LogP contribution >= 0.6 is 0 Å². The molecule has 0 fully saturated rings. The maximum absolute atomic E-state index is 13.3. The molecule has 0 aliphatic carbocycles. The van der Waals surface area contributed by atoms with Gasteiger partial charge in [-0.3, -0.25) is 9.59 Å². The van der Waals surface area contributed by atoms with Gasteiger partial charge in [-0.2, -0.15) is 0 Å². The molecule has 4 aromatic rings. The molecule has 3 aromatic carbocycles. The van der Waals surface area contributed by atoms with Gasteiger partial charge in [0.1, 0.15) is 11.5 Å². The van der Waals surface area contributed by atoms with Crippen LogP contribution in [0.1, 0.15) is 31.0 Å². The number of anilines is 1. The summed E-state index contributed by atoms with van der Waals surface area (Å²) in [6.07, 6.45) is -3.06. The van der Waals surface area contributed by atoms with Crippen LogP contribution in [0.3, 0.4) is 0 Å². The summed E-state index contributed by atoms with van der Waals surface area (Å²) in [6, 6.07) is 19.1. The maximum atomic E-state index is 13.3. The highest BCUT2D eigenvalue weighted by Crippen LogP contribution is 2.27. The minimum atomic E-state index is -4.78. The predicted octanol–water partition coefficient (Wildman–Crippen LogP) is 6.09. The van der Waals surface area contributed by atoms with Gasteiger partial charge in [-0.05, 0) is 55.8 Å². The molecule has 37 heavy (non-hydrogen) atoms. The Labute approximate surface area is 211 Å². The third kappa shape index (κ3) is 6.11. The Balaban J connectivity index is 1.56. The fourth-order valence-electron chi connectivity index (χ4n) is 4.13. The third-order valence-corrected chi connectivity index (χ3v) is 5.88. The SMILES string of the molecule is CCOc1ccccc1CC(=O)Nc1cccc2c(=O)n(C(C)c3ccc(OC(F)(F)F)cc3)ccc12. The van der Waals surface area contributed by atoms with Crippen molar-refractivity contribution < 1.29 is 27.4 Å². The second kappa shape index (κ2) is 10.8. The van der Waals surface area contributed by atoms with Crippen molar-refractivity contribution in [3.8, 4) is 11.5 Å². The molecule has 0 aliphatic rings. The Hall–Kier alpha value is -4.27. The van der Waals surface area contributed by atoms with Gasteiger partial charge in [0, 0.05) is 28.2 Å². The first-order valence-corrected chi connectivity index (χ1v) is 11.7. The van der Waals surface area contributed by atoms with Crippen LogP contribution in [0.25, 0.3) is 10.8 Å². The molecule has 192 valence electrons. The Kier molecular flexibility index (Phi) is 7.52.